The Labute approximate surface area is 101 Å². The topological polar surface area (TPSA) is 95.4 Å². The van der Waals surface area contributed by atoms with E-state index in [0.717, 1.165) is 0 Å². The molecule has 1 aromatic rings. The highest BCUT2D eigenvalue weighted by Crippen LogP contribution is 2.20. The third-order valence-electron chi connectivity index (χ3n) is 1.81. The number of nitrogen functional groups attached to an aromatic ring is 1. The van der Waals surface area contributed by atoms with Gasteiger partial charge in [0.1, 0.15) is 6.61 Å². The van der Waals surface area contributed by atoms with E-state index in [1.54, 1.807) is 12.1 Å². The fourth-order valence-electron chi connectivity index (χ4n) is 0.998. The zero-order chi connectivity index (χ0) is 12.1. The highest BCUT2D eigenvalue weighted by atomic mass is 79.9. The third-order valence-corrected chi connectivity index (χ3v) is 2.54. The second-order valence-electron chi connectivity index (χ2n) is 3.09. The van der Waals surface area contributed by atoms with Crippen molar-refractivity contribution >= 4 is 33.5 Å². The molecule has 0 aliphatic rings. The summed E-state index contributed by atoms with van der Waals surface area (Å²) in [7, 11) is 0. The molecule has 0 aromatic heterocycles. The first-order chi connectivity index (χ1) is 7.50. The first-order valence-electron chi connectivity index (χ1n) is 4.51. The fraction of sp³-hybridized carbons (Fsp3) is 0.200. The van der Waals surface area contributed by atoms with E-state index in [1.807, 2.05) is 0 Å². The summed E-state index contributed by atoms with van der Waals surface area (Å²) >= 11 is 3.21. The van der Waals surface area contributed by atoms with Gasteiger partial charge in [0.2, 0.25) is 5.91 Å². The lowest BCUT2D eigenvalue weighted by molar-refractivity contribution is -0.118. The number of hydrogen-bond acceptors (Lipinski definition) is 4. The van der Waals surface area contributed by atoms with Gasteiger partial charge in [-0.1, -0.05) is 0 Å². The normalized spacial score (nSPS) is 9.81. The van der Waals surface area contributed by atoms with Gasteiger partial charge >= 0.3 is 5.97 Å². The van der Waals surface area contributed by atoms with Crippen LogP contribution in [0.1, 0.15) is 16.8 Å². The second-order valence-corrected chi connectivity index (χ2v) is 3.94. The van der Waals surface area contributed by atoms with E-state index >= 15 is 0 Å². The van der Waals surface area contributed by atoms with Gasteiger partial charge in [-0.2, -0.15) is 0 Å². The summed E-state index contributed by atoms with van der Waals surface area (Å²) in [5.41, 5.74) is 11.3. The van der Waals surface area contributed by atoms with Crippen molar-refractivity contribution in [1.82, 2.24) is 0 Å². The van der Waals surface area contributed by atoms with Gasteiger partial charge in [-0.25, -0.2) is 4.79 Å². The minimum Gasteiger partial charge on any atom is -0.462 e. The van der Waals surface area contributed by atoms with Gasteiger partial charge in [0.15, 0.2) is 0 Å². The monoisotopic (exact) mass is 286 g/mol. The van der Waals surface area contributed by atoms with Crippen LogP contribution in [0.5, 0.6) is 0 Å². The molecule has 6 heteroatoms. The molecule has 0 radical (unpaired) electrons. The van der Waals surface area contributed by atoms with Gasteiger partial charge in [0.25, 0.3) is 0 Å². The molecule has 0 atom stereocenters. The summed E-state index contributed by atoms with van der Waals surface area (Å²) in [6.45, 7) is -0.0237. The van der Waals surface area contributed by atoms with E-state index < -0.39 is 11.9 Å². The second kappa shape index (κ2) is 5.50. The molecule has 0 fully saturated rings. The average molecular weight is 287 g/mol. The molecule has 1 rings (SSSR count). The predicted molar refractivity (Wildman–Crippen MR) is 62.6 cm³/mol. The Kier molecular flexibility index (Phi) is 4.30. The molecule has 0 saturated carbocycles. The molecule has 5 nitrogen and oxygen atoms in total. The van der Waals surface area contributed by atoms with Gasteiger partial charge in [0.05, 0.1) is 12.0 Å². The van der Waals surface area contributed by atoms with Crippen LogP contribution >= 0.6 is 15.9 Å². The van der Waals surface area contributed by atoms with E-state index in [1.165, 1.54) is 6.07 Å². The molecule has 0 bridgehead atoms. The zero-order valence-corrected chi connectivity index (χ0v) is 9.99. The number of carbonyl (C=O) groups excluding carboxylic acids is 2. The number of nitrogens with two attached hydrogens (primary N) is 2. The quantitative estimate of drug-likeness (QED) is 0.639. The smallest absolute Gasteiger partial charge is 0.338 e. The molecule has 0 heterocycles. The Hall–Kier alpha value is -1.56. The van der Waals surface area contributed by atoms with Gasteiger partial charge in [-0.3, -0.25) is 4.79 Å². The summed E-state index contributed by atoms with van der Waals surface area (Å²) in [6, 6.07) is 4.73. The Morgan fingerprint density at radius 3 is 2.62 bits per heavy atom. The van der Waals surface area contributed by atoms with E-state index in [2.05, 4.69) is 15.9 Å². The highest BCUT2D eigenvalue weighted by Gasteiger charge is 2.09. The van der Waals surface area contributed by atoms with Crippen LogP contribution in [0.25, 0.3) is 0 Å². The Morgan fingerprint density at radius 2 is 2.06 bits per heavy atom. The van der Waals surface area contributed by atoms with Crippen LogP contribution in [-0.2, 0) is 9.53 Å². The minimum absolute atomic E-state index is 0.0117. The molecule has 86 valence electrons. The van der Waals surface area contributed by atoms with Crippen LogP contribution in [-0.4, -0.2) is 18.5 Å². The lowest BCUT2D eigenvalue weighted by atomic mass is 10.2. The highest BCUT2D eigenvalue weighted by molar-refractivity contribution is 9.10. The first kappa shape index (κ1) is 12.5. The van der Waals surface area contributed by atoms with Crippen LogP contribution in [0, 0.1) is 0 Å². The lowest BCUT2D eigenvalue weighted by Gasteiger charge is -2.04. The SMILES string of the molecule is NC(=O)CCOC(=O)c1ccc(Br)c(N)c1. The predicted octanol–water partition coefficient (Wildman–Crippen LogP) is 1.06. The molecule has 0 saturated heterocycles. The van der Waals surface area contributed by atoms with Crippen molar-refractivity contribution in [1.29, 1.82) is 0 Å². The van der Waals surface area contributed by atoms with Crippen LogP contribution in [0.4, 0.5) is 5.69 Å². The van der Waals surface area contributed by atoms with Gasteiger partial charge in [-0.05, 0) is 34.1 Å². The van der Waals surface area contributed by atoms with Crippen molar-refractivity contribution in [3.8, 4) is 0 Å². The molecule has 0 aliphatic heterocycles. The van der Waals surface area contributed by atoms with E-state index in [9.17, 15) is 9.59 Å². The fourth-order valence-corrected chi connectivity index (χ4v) is 1.25. The van der Waals surface area contributed by atoms with Gasteiger partial charge in [0, 0.05) is 10.2 Å². The minimum atomic E-state index is -0.527. The molecular weight excluding hydrogens is 276 g/mol. The number of ether oxygens (including phenoxy) is 1. The molecule has 0 spiro atoms. The van der Waals surface area contributed by atoms with Crippen LogP contribution in [0.2, 0.25) is 0 Å². The van der Waals surface area contributed by atoms with Crippen LogP contribution in [0.3, 0.4) is 0 Å². The van der Waals surface area contributed by atoms with Crippen molar-refractivity contribution < 1.29 is 14.3 Å². The molecule has 1 aromatic carbocycles. The Balaban J connectivity index is 2.59. The molecule has 16 heavy (non-hydrogen) atoms. The molecule has 4 N–H and O–H groups in total. The third kappa shape index (κ3) is 3.54. The summed E-state index contributed by atoms with van der Waals surface area (Å²) in [4.78, 5) is 21.9. The van der Waals surface area contributed by atoms with Crippen molar-refractivity contribution in [2.24, 2.45) is 5.73 Å². The number of hydrogen-bond donors (Lipinski definition) is 2. The summed E-state index contributed by atoms with van der Waals surface area (Å²) in [6.07, 6.45) is 0.0117. The number of halogens is 1. The number of anilines is 1. The molecule has 0 unspecified atom stereocenters. The Bertz CT molecular complexity index is 421. The maximum Gasteiger partial charge on any atom is 0.338 e. The lowest BCUT2D eigenvalue weighted by Crippen LogP contribution is -2.15. The first-order valence-corrected chi connectivity index (χ1v) is 5.30. The van der Waals surface area contributed by atoms with Crippen molar-refractivity contribution in [3.63, 3.8) is 0 Å². The molecule has 1 amide bonds. The van der Waals surface area contributed by atoms with Crippen molar-refractivity contribution in [2.75, 3.05) is 12.3 Å². The van der Waals surface area contributed by atoms with Crippen LogP contribution < -0.4 is 11.5 Å². The Morgan fingerprint density at radius 1 is 1.38 bits per heavy atom. The van der Waals surface area contributed by atoms with E-state index in [4.69, 9.17) is 16.2 Å². The number of amides is 1. The standard InChI is InChI=1S/C10H11BrN2O3/c11-7-2-1-6(5-8(7)12)10(15)16-4-3-9(13)14/h1-2,5H,3-4,12H2,(H2,13,14). The average Bonchev–Trinajstić information content (AvgIpc) is 2.21. The zero-order valence-electron chi connectivity index (χ0n) is 8.40. The van der Waals surface area contributed by atoms with E-state index in [0.29, 0.717) is 15.7 Å². The summed E-state index contributed by atoms with van der Waals surface area (Å²) in [5.74, 6) is -1.04. The van der Waals surface area contributed by atoms with Gasteiger partial charge in [-0.15, -0.1) is 0 Å². The number of benzene rings is 1. The van der Waals surface area contributed by atoms with Crippen molar-refractivity contribution in [2.45, 2.75) is 6.42 Å². The van der Waals surface area contributed by atoms with Gasteiger partial charge < -0.3 is 16.2 Å². The number of primary amides is 1. The van der Waals surface area contributed by atoms with Crippen LogP contribution in [0.15, 0.2) is 22.7 Å². The maximum absolute atomic E-state index is 11.4. The number of esters is 1. The van der Waals surface area contributed by atoms with Crippen molar-refractivity contribution in [3.05, 3.63) is 28.2 Å². The maximum atomic E-state index is 11.4. The largest absolute Gasteiger partial charge is 0.462 e. The molecular formula is C10H11BrN2O3. The summed E-state index contributed by atoms with van der Waals surface area (Å²) < 4.78 is 5.53. The summed E-state index contributed by atoms with van der Waals surface area (Å²) in [5, 5.41) is 0. The number of rotatable bonds is 4. The molecule has 0 aliphatic carbocycles. The van der Waals surface area contributed by atoms with E-state index in [-0.39, 0.29) is 13.0 Å². The number of carbonyl (C=O) groups is 2.